The molecule has 0 atom stereocenters. The summed E-state index contributed by atoms with van der Waals surface area (Å²) in [6.45, 7) is 0.312. The van der Waals surface area contributed by atoms with Gasteiger partial charge in [-0.05, 0) is 53.1 Å². The maximum atomic E-state index is 12.5. The van der Waals surface area contributed by atoms with Crippen molar-refractivity contribution in [1.82, 2.24) is 10.6 Å². The molecule has 1 aliphatic rings. The van der Waals surface area contributed by atoms with Gasteiger partial charge < -0.3 is 20.3 Å². The summed E-state index contributed by atoms with van der Waals surface area (Å²) < 4.78 is 5.19. The summed E-state index contributed by atoms with van der Waals surface area (Å²) in [7, 11) is 1.60. The third-order valence-electron chi connectivity index (χ3n) is 5.04. The average molecular weight is 416 g/mol. The minimum atomic E-state index is -0.495. The lowest BCUT2D eigenvalue weighted by Gasteiger charge is -2.19. The summed E-state index contributed by atoms with van der Waals surface area (Å²) in [6, 6.07) is 17.3. The fraction of sp³-hybridized carbons (Fsp3) is 0.0833. The Morgan fingerprint density at radius 3 is 2.32 bits per heavy atom. The van der Waals surface area contributed by atoms with E-state index in [2.05, 4.69) is 10.6 Å². The number of methoxy groups -OCH3 is 1. The number of phenolic OH excluding ortho intramolecular Hbond substituents is 2. The number of rotatable bonds is 5. The molecule has 0 radical (unpaired) electrons. The highest BCUT2D eigenvalue weighted by Gasteiger charge is 2.27. The van der Waals surface area contributed by atoms with Crippen LogP contribution in [0.3, 0.4) is 0 Å². The van der Waals surface area contributed by atoms with Crippen LogP contribution in [0.25, 0.3) is 16.7 Å². The molecule has 1 heterocycles. The molecule has 156 valence electrons. The van der Waals surface area contributed by atoms with E-state index in [1.54, 1.807) is 25.4 Å². The summed E-state index contributed by atoms with van der Waals surface area (Å²) in [5.41, 5.74) is 3.77. The van der Waals surface area contributed by atoms with Crippen LogP contribution in [0.1, 0.15) is 21.5 Å². The number of hydrogen-bond acceptors (Lipinski definition) is 6. The van der Waals surface area contributed by atoms with E-state index in [1.807, 2.05) is 36.4 Å². The van der Waals surface area contributed by atoms with E-state index in [9.17, 15) is 19.8 Å². The second-order valence-corrected chi connectivity index (χ2v) is 7.03. The molecule has 2 amide bonds. The van der Waals surface area contributed by atoms with Crippen LogP contribution in [-0.2, 0) is 11.3 Å². The fourth-order valence-electron chi connectivity index (χ4n) is 3.38. The first-order valence-electron chi connectivity index (χ1n) is 9.55. The molecule has 4 rings (SSSR count). The Labute approximate surface area is 178 Å². The molecule has 3 aromatic carbocycles. The Morgan fingerprint density at radius 1 is 0.871 bits per heavy atom. The molecule has 7 heteroatoms. The highest BCUT2D eigenvalue weighted by molar-refractivity contribution is 6.31. The van der Waals surface area contributed by atoms with Crippen LogP contribution >= 0.6 is 0 Å². The molecule has 4 N–H and O–H groups in total. The third-order valence-corrected chi connectivity index (χ3v) is 5.04. The van der Waals surface area contributed by atoms with Crippen LogP contribution in [-0.4, -0.2) is 29.1 Å². The topological polar surface area (TPSA) is 108 Å². The first-order valence-corrected chi connectivity index (χ1v) is 9.55. The van der Waals surface area contributed by atoms with Crippen LogP contribution in [0, 0.1) is 0 Å². The van der Waals surface area contributed by atoms with Gasteiger partial charge >= 0.3 is 0 Å². The summed E-state index contributed by atoms with van der Waals surface area (Å²) >= 11 is 0. The van der Waals surface area contributed by atoms with Crippen LogP contribution in [0.5, 0.6) is 17.2 Å². The molecular formula is C24H20N2O5. The second-order valence-electron chi connectivity index (χ2n) is 7.03. The Balaban J connectivity index is 1.65. The van der Waals surface area contributed by atoms with Crippen LogP contribution in [0.4, 0.5) is 0 Å². The molecular weight excluding hydrogens is 396 g/mol. The molecule has 31 heavy (non-hydrogen) atoms. The number of phenols is 2. The molecule has 1 aliphatic heterocycles. The Morgan fingerprint density at radius 2 is 1.61 bits per heavy atom. The van der Waals surface area contributed by atoms with Crippen molar-refractivity contribution >= 4 is 17.4 Å². The van der Waals surface area contributed by atoms with Crippen molar-refractivity contribution in [2.24, 2.45) is 0 Å². The van der Waals surface area contributed by atoms with Gasteiger partial charge in [-0.25, -0.2) is 0 Å². The molecule has 0 saturated heterocycles. The van der Waals surface area contributed by atoms with Gasteiger partial charge in [0.15, 0.2) is 11.5 Å². The van der Waals surface area contributed by atoms with Gasteiger partial charge in [-0.1, -0.05) is 24.3 Å². The van der Waals surface area contributed by atoms with Crippen molar-refractivity contribution < 1.29 is 24.5 Å². The van der Waals surface area contributed by atoms with Crippen molar-refractivity contribution in [2.75, 3.05) is 7.11 Å². The zero-order valence-corrected chi connectivity index (χ0v) is 16.7. The van der Waals surface area contributed by atoms with Gasteiger partial charge in [0.05, 0.1) is 12.7 Å². The van der Waals surface area contributed by atoms with E-state index in [0.717, 1.165) is 16.9 Å². The number of ether oxygens (including phenoxy) is 1. The van der Waals surface area contributed by atoms with Gasteiger partial charge in [0.25, 0.3) is 11.8 Å². The molecule has 0 saturated carbocycles. The van der Waals surface area contributed by atoms with E-state index in [-0.39, 0.29) is 11.5 Å². The number of nitrogens with one attached hydrogen (secondary N) is 2. The Kier molecular flexibility index (Phi) is 5.32. The summed E-state index contributed by atoms with van der Waals surface area (Å²) in [5, 5.41) is 24.4. The minimum absolute atomic E-state index is 0.202. The average Bonchev–Trinajstić information content (AvgIpc) is 2.78. The largest absolute Gasteiger partial charge is 0.504 e. The molecule has 0 spiro atoms. The number of amides is 2. The number of hydrogen-bond donors (Lipinski definition) is 4. The van der Waals surface area contributed by atoms with Crippen molar-refractivity contribution in [2.45, 2.75) is 6.54 Å². The Hall–Kier alpha value is -4.26. The number of carbonyl (C=O) groups is 2. The molecule has 0 fully saturated rings. The van der Waals surface area contributed by atoms with Crippen molar-refractivity contribution in [3.63, 3.8) is 0 Å². The number of benzene rings is 3. The molecule has 0 bridgehead atoms. The monoisotopic (exact) mass is 416 g/mol. The molecule has 0 aliphatic carbocycles. The lowest BCUT2D eigenvalue weighted by molar-refractivity contribution is -0.114. The van der Waals surface area contributed by atoms with E-state index < -0.39 is 11.8 Å². The van der Waals surface area contributed by atoms with Crippen LogP contribution in [0.15, 0.2) is 66.9 Å². The highest BCUT2D eigenvalue weighted by Crippen LogP contribution is 2.30. The van der Waals surface area contributed by atoms with E-state index in [4.69, 9.17) is 4.74 Å². The number of aromatic hydroxyl groups is 2. The number of imide groups is 1. The maximum absolute atomic E-state index is 12.5. The minimum Gasteiger partial charge on any atom is -0.504 e. The predicted octanol–water partition coefficient (Wildman–Crippen LogP) is 3.17. The Bertz CT molecular complexity index is 1200. The summed E-state index contributed by atoms with van der Waals surface area (Å²) in [5.74, 6) is -0.622. The van der Waals surface area contributed by atoms with Gasteiger partial charge in [0.2, 0.25) is 0 Å². The quantitative estimate of drug-likeness (QED) is 0.289. The standard InChI is InChI=1S/C24H20N2O5/c1-31-17-6-3-15(4-7-17)16-5-8-18-19(11-16)20(24(30)26-23(18)29)13-25-12-14-2-9-21(27)22(28)10-14/h2-11,13,25,27-28H,12H2,1H3,(H,26,29,30). The van der Waals surface area contributed by atoms with Crippen molar-refractivity contribution in [3.05, 3.63) is 83.6 Å². The fourth-order valence-corrected chi connectivity index (χ4v) is 3.38. The summed E-state index contributed by atoms with van der Waals surface area (Å²) in [6.07, 6.45) is 1.54. The van der Waals surface area contributed by atoms with Gasteiger partial charge in [0, 0.05) is 23.9 Å². The first-order chi connectivity index (χ1) is 15.0. The molecule has 7 nitrogen and oxygen atoms in total. The number of carbonyl (C=O) groups excluding carboxylic acids is 2. The van der Waals surface area contributed by atoms with E-state index in [0.29, 0.717) is 28.8 Å². The lowest BCUT2D eigenvalue weighted by atomic mass is 9.91. The smallest absolute Gasteiger partial charge is 0.260 e. The predicted molar refractivity (Wildman–Crippen MR) is 115 cm³/mol. The third kappa shape index (κ3) is 4.06. The zero-order valence-electron chi connectivity index (χ0n) is 16.7. The number of fused-ring (bicyclic) bond motifs is 1. The van der Waals surface area contributed by atoms with E-state index >= 15 is 0 Å². The molecule has 0 aromatic heterocycles. The zero-order chi connectivity index (χ0) is 22.0. The first kappa shape index (κ1) is 20.0. The maximum Gasteiger partial charge on any atom is 0.260 e. The highest BCUT2D eigenvalue weighted by atomic mass is 16.5. The summed E-state index contributed by atoms with van der Waals surface area (Å²) in [4.78, 5) is 24.8. The normalized spacial score (nSPS) is 14.2. The molecule has 0 unspecified atom stereocenters. The van der Waals surface area contributed by atoms with Crippen molar-refractivity contribution in [1.29, 1.82) is 0 Å². The van der Waals surface area contributed by atoms with Gasteiger partial charge in [-0.3, -0.25) is 14.9 Å². The van der Waals surface area contributed by atoms with E-state index in [1.165, 1.54) is 12.1 Å². The lowest BCUT2D eigenvalue weighted by Crippen LogP contribution is -2.37. The van der Waals surface area contributed by atoms with Crippen LogP contribution in [0.2, 0.25) is 0 Å². The SMILES string of the molecule is COc1ccc(-c2ccc3c(c2)C(=CNCc2ccc(O)c(O)c2)C(=O)NC3=O)cc1. The molecule has 3 aromatic rings. The van der Waals surface area contributed by atoms with Gasteiger partial charge in [0.1, 0.15) is 5.75 Å². The van der Waals surface area contributed by atoms with Crippen LogP contribution < -0.4 is 15.4 Å². The second kappa shape index (κ2) is 8.23. The van der Waals surface area contributed by atoms with Crippen molar-refractivity contribution in [3.8, 4) is 28.4 Å². The van der Waals surface area contributed by atoms with Gasteiger partial charge in [-0.2, -0.15) is 0 Å². The van der Waals surface area contributed by atoms with Gasteiger partial charge in [-0.15, -0.1) is 0 Å².